The molecule has 0 fully saturated rings. The minimum Gasteiger partial charge on any atom is -0.506 e. The van der Waals surface area contributed by atoms with Gasteiger partial charge in [-0.25, -0.2) is 9.50 Å². The number of hydrogen-bond donors (Lipinski definition) is 1. The van der Waals surface area contributed by atoms with E-state index in [0.717, 1.165) is 5.56 Å². The average molecular weight is 231 g/mol. The van der Waals surface area contributed by atoms with Gasteiger partial charge in [-0.1, -0.05) is 13.2 Å². The van der Waals surface area contributed by atoms with Crippen molar-refractivity contribution in [3.8, 4) is 0 Å². The van der Waals surface area contributed by atoms with Gasteiger partial charge in [0.1, 0.15) is 22.9 Å². The molecule has 0 spiro atoms. The molecule has 5 heteroatoms. The van der Waals surface area contributed by atoms with Gasteiger partial charge in [-0.2, -0.15) is 5.10 Å². The van der Waals surface area contributed by atoms with Gasteiger partial charge < -0.3 is 9.84 Å². The lowest BCUT2D eigenvalue weighted by Crippen LogP contribution is -2.03. The summed E-state index contributed by atoms with van der Waals surface area (Å²) in [6.07, 6.45) is 1.67. The summed E-state index contributed by atoms with van der Waals surface area (Å²) in [5, 5.41) is 13.7. The topological polar surface area (TPSA) is 59.7 Å². The minimum atomic E-state index is -0.0781. The largest absolute Gasteiger partial charge is 0.506 e. The molecule has 2 aromatic rings. The number of methoxy groups -OCH3 is 1. The molecule has 0 aromatic carbocycles. The van der Waals surface area contributed by atoms with E-state index in [9.17, 15) is 5.11 Å². The molecule has 0 bridgehead atoms. The van der Waals surface area contributed by atoms with E-state index in [1.54, 1.807) is 12.3 Å². The molecule has 2 rings (SSSR count). The maximum Gasteiger partial charge on any atom is 0.159 e. The lowest BCUT2D eigenvalue weighted by atomic mass is 10.2. The Balaban J connectivity index is 2.78. The summed E-state index contributed by atoms with van der Waals surface area (Å²) in [4.78, 5) is 4.37. The molecule has 1 N–H and O–H groups in total. The van der Waals surface area contributed by atoms with Crippen molar-refractivity contribution in [2.24, 2.45) is 0 Å². The van der Waals surface area contributed by atoms with Crippen LogP contribution >= 0.6 is 0 Å². The lowest BCUT2D eigenvalue weighted by Gasteiger charge is -2.08. The van der Waals surface area contributed by atoms with Gasteiger partial charge in [0.25, 0.3) is 0 Å². The first-order chi connectivity index (χ1) is 8.04. The number of aryl methyl sites for hydroxylation is 1. The van der Waals surface area contributed by atoms with Crippen LogP contribution in [0.25, 0.3) is 17.2 Å². The summed E-state index contributed by atoms with van der Waals surface area (Å²) in [6.45, 7) is 9.13. The summed E-state index contributed by atoms with van der Waals surface area (Å²) in [7, 11) is 1.52. The number of nitrogens with zero attached hydrogens (tertiary/aromatic N) is 3. The first kappa shape index (κ1) is 11.2. The number of aliphatic hydroxyl groups excluding tert-OH is 1. The Labute approximate surface area is 98.7 Å². The number of aliphatic hydroxyl groups is 1. The number of hydrogen-bond acceptors (Lipinski definition) is 4. The van der Waals surface area contributed by atoms with Gasteiger partial charge >= 0.3 is 0 Å². The fourth-order valence-electron chi connectivity index (χ4n) is 1.53. The van der Waals surface area contributed by atoms with Crippen LogP contribution in [0.5, 0.6) is 0 Å². The second kappa shape index (κ2) is 3.93. The predicted octanol–water partition coefficient (Wildman–Crippen LogP) is 2.18. The molecule has 88 valence electrons. The van der Waals surface area contributed by atoms with E-state index in [1.165, 1.54) is 11.6 Å². The Bertz CT molecular complexity index is 613. The van der Waals surface area contributed by atoms with E-state index in [1.807, 2.05) is 6.92 Å². The minimum absolute atomic E-state index is 0.0781. The van der Waals surface area contributed by atoms with Crippen molar-refractivity contribution in [1.82, 2.24) is 14.6 Å². The Kier molecular flexibility index (Phi) is 2.59. The first-order valence-electron chi connectivity index (χ1n) is 5.01. The van der Waals surface area contributed by atoms with Crippen LogP contribution in [0, 0.1) is 6.92 Å². The summed E-state index contributed by atoms with van der Waals surface area (Å²) in [5.41, 5.74) is 2.56. The Morgan fingerprint density at radius 1 is 1.47 bits per heavy atom. The van der Waals surface area contributed by atoms with E-state index < -0.39 is 0 Å². The van der Waals surface area contributed by atoms with Crippen LogP contribution in [0.3, 0.4) is 0 Å². The number of rotatable bonds is 3. The van der Waals surface area contributed by atoms with Gasteiger partial charge in [0.2, 0.25) is 0 Å². The monoisotopic (exact) mass is 231 g/mol. The molecule has 0 aliphatic rings. The number of fused-ring (bicyclic) bond motifs is 1. The zero-order chi connectivity index (χ0) is 12.6. The van der Waals surface area contributed by atoms with E-state index >= 15 is 0 Å². The highest BCUT2D eigenvalue weighted by Crippen LogP contribution is 2.19. The van der Waals surface area contributed by atoms with Crippen LogP contribution in [0.4, 0.5) is 0 Å². The number of aromatic nitrogens is 3. The first-order valence-corrected chi connectivity index (χ1v) is 5.01. The van der Waals surface area contributed by atoms with Crippen LogP contribution in [-0.2, 0) is 4.74 Å². The Morgan fingerprint density at radius 2 is 2.18 bits per heavy atom. The van der Waals surface area contributed by atoms with Gasteiger partial charge in [0, 0.05) is 5.56 Å². The molecule has 0 saturated heterocycles. The fourth-order valence-corrected chi connectivity index (χ4v) is 1.53. The summed E-state index contributed by atoms with van der Waals surface area (Å²) >= 11 is 0. The van der Waals surface area contributed by atoms with Crippen molar-refractivity contribution >= 4 is 17.2 Å². The molecule has 0 saturated carbocycles. The van der Waals surface area contributed by atoms with Crippen LogP contribution < -0.4 is 0 Å². The van der Waals surface area contributed by atoms with Crippen LogP contribution in [-0.4, -0.2) is 26.8 Å². The highest BCUT2D eigenvalue weighted by Gasteiger charge is 2.12. The molecule has 0 amide bonds. The molecule has 5 nitrogen and oxygen atoms in total. The van der Waals surface area contributed by atoms with Gasteiger partial charge in [-0.15, -0.1) is 0 Å². The van der Waals surface area contributed by atoms with Gasteiger partial charge in [0.05, 0.1) is 13.3 Å². The third kappa shape index (κ3) is 1.75. The molecule has 2 heterocycles. The smallest absolute Gasteiger partial charge is 0.159 e. The van der Waals surface area contributed by atoms with E-state index in [-0.39, 0.29) is 5.76 Å². The predicted molar refractivity (Wildman–Crippen MR) is 65.4 cm³/mol. The summed E-state index contributed by atoms with van der Waals surface area (Å²) in [6, 6.07) is 1.63. The van der Waals surface area contributed by atoms with Crippen molar-refractivity contribution in [3.05, 3.63) is 42.4 Å². The molecule has 17 heavy (non-hydrogen) atoms. The molecule has 0 aliphatic carbocycles. The molecule has 0 aliphatic heterocycles. The Hall–Kier alpha value is -2.30. The molecular weight excluding hydrogens is 218 g/mol. The zero-order valence-electron chi connectivity index (χ0n) is 9.77. The summed E-state index contributed by atoms with van der Waals surface area (Å²) in [5.74, 6) is 0.348. The van der Waals surface area contributed by atoms with Gasteiger partial charge in [-0.05, 0) is 13.0 Å². The normalized spacial score (nSPS) is 10.5. The van der Waals surface area contributed by atoms with E-state index in [2.05, 4.69) is 23.2 Å². The molecule has 0 atom stereocenters. The third-order valence-electron chi connectivity index (χ3n) is 2.48. The molecule has 0 unspecified atom stereocenters. The second-order valence-corrected chi connectivity index (χ2v) is 3.66. The highest BCUT2D eigenvalue weighted by molar-refractivity contribution is 5.65. The maximum absolute atomic E-state index is 9.56. The van der Waals surface area contributed by atoms with Crippen molar-refractivity contribution < 1.29 is 9.84 Å². The maximum atomic E-state index is 9.56. The van der Waals surface area contributed by atoms with Crippen LogP contribution in [0.1, 0.15) is 17.0 Å². The molecule has 0 radical (unpaired) electrons. The van der Waals surface area contributed by atoms with Gasteiger partial charge in [0.15, 0.2) is 5.65 Å². The van der Waals surface area contributed by atoms with Crippen molar-refractivity contribution in [2.45, 2.75) is 6.92 Å². The molecular formula is C12H13N3O2. The quantitative estimate of drug-likeness (QED) is 0.822. The van der Waals surface area contributed by atoms with Gasteiger partial charge in [-0.3, -0.25) is 0 Å². The third-order valence-corrected chi connectivity index (χ3v) is 2.48. The molecule has 2 aromatic heterocycles. The van der Waals surface area contributed by atoms with Crippen LogP contribution in [0.15, 0.2) is 25.4 Å². The highest BCUT2D eigenvalue weighted by atomic mass is 16.5. The Morgan fingerprint density at radius 3 is 2.76 bits per heavy atom. The van der Waals surface area contributed by atoms with E-state index in [4.69, 9.17) is 4.74 Å². The van der Waals surface area contributed by atoms with Crippen LogP contribution in [0.2, 0.25) is 0 Å². The standard InChI is InChI=1S/C12H13N3O2/c1-7-6-13-15-11(8(2)16)5-10(9(3)17-4)14-12(7)15/h5-6,16H,2-3H2,1,4H3. The lowest BCUT2D eigenvalue weighted by molar-refractivity contribution is 0.369. The van der Waals surface area contributed by atoms with E-state index in [0.29, 0.717) is 22.8 Å². The zero-order valence-corrected chi connectivity index (χ0v) is 9.77. The van der Waals surface area contributed by atoms with Crippen molar-refractivity contribution in [2.75, 3.05) is 7.11 Å². The van der Waals surface area contributed by atoms with Crippen molar-refractivity contribution in [1.29, 1.82) is 0 Å². The fraction of sp³-hybridized carbons (Fsp3) is 0.167. The second-order valence-electron chi connectivity index (χ2n) is 3.66. The summed E-state index contributed by atoms with van der Waals surface area (Å²) < 4.78 is 6.57. The number of ether oxygens (including phenoxy) is 1. The average Bonchev–Trinajstić information content (AvgIpc) is 2.69. The SMILES string of the molecule is C=C(OC)c1cc(C(=C)O)n2ncc(C)c2n1. The van der Waals surface area contributed by atoms with Crippen molar-refractivity contribution in [3.63, 3.8) is 0 Å².